The van der Waals surface area contributed by atoms with Crippen LogP contribution in [0, 0.1) is 13.8 Å². The zero-order chi connectivity index (χ0) is 20.5. The van der Waals surface area contributed by atoms with Gasteiger partial charge in [0.05, 0.1) is 12.2 Å². The number of ketones is 1. The molecule has 2 N–H and O–H groups in total. The number of hydrogen-bond acceptors (Lipinski definition) is 4. The zero-order valence-electron chi connectivity index (χ0n) is 16.7. The Hall–Kier alpha value is -2.44. The molecule has 1 aromatic carbocycles. The third-order valence-electron chi connectivity index (χ3n) is 5.68. The van der Waals surface area contributed by atoms with Gasteiger partial charge in [0.25, 0.3) is 5.91 Å². The van der Waals surface area contributed by atoms with Crippen molar-refractivity contribution in [1.82, 2.24) is 9.47 Å². The first kappa shape index (κ1) is 20.3. The maximum Gasteiger partial charge on any atom is 0.253 e. The lowest BCUT2D eigenvalue weighted by Crippen LogP contribution is -2.36. The van der Waals surface area contributed by atoms with Gasteiger partial charge in [0, 0.05) is 41.3 Å². The molecular formula is C22H28N2O4. The molecule has 6 heteroatoms. The Kier molecular flexibility index (Phi) is 5.72. The quantitative estimate of drug-likeness (QED) is 0.794. The predicted molar refractivity (Wildman–Crippen MR) is 107 cm³/mol. The fourth-order valence-electron chi connectivity index (χ4n) is 3.99. The van der Waals surface area contributed by atoms with E-state index >= 15 is 0 Å². The van der Waals surface area contributed by atoms with Crippen LogP contribution in [-0.2, 0) is 0 Å². The molecule has 1 aliphatic rings. The summed E-state index contributed by atoms with van der Waals surface area (Å²) in [6.07, 6.45) is 1.54. The molecule has 1 fully saturated rings. The Morgan fingerprint density at radius 2 is 1.79 bits per heavy atom. The minimum atomic E-state index is -1.09. The van der Waals surface area contributed by atoms with Gasteiger partial charge in [0.2, 0.25) is 0 Å². The minimum Gasteiger partial charge on any atom is -0.393 e. The Balaban J connectivity index is 1.80. The molecule has 0 radical (unpaired) electrons. The lowest BCUT2D eigenvalue weighted by molar-refractivity contribution is -0.0250. The molecule has 1 atom stereocenters. The van der Waals surface area contributed by atoms with E-state index in [0.29, 0.717) is 43.5 Å². The van der Waals surface area contributed by atoms with Crippen molar-refractivity contribution in [3.05, 3.63) is 52.8 Å². The summed E-state index contributed by atoms with van der Waals surface area (Å²) in [4.78, 5) is 26.4. The standard InChI is InChI=1S/C22H28N2O4/c1-15-13-20(17(3)26)16(2)24(15)19-7-5-18(6-8-19)21(27)23-11-4-9-22(28,14-25)10-12-23/h5-8,13,25,28H,4,9-12,14H2,1-3H3/t22-/m0/s1. The van der Waals surface area contributed by atoms with Crippen LogP contribution in [0.15, 0.2) is 30.3 Å². The number of aliphatic hydroxyl groups excluding tert-OH is 1. The molecule has 1 amide bonds. The van der Waals surface area contributed by atoms with Crippen LogP contribution in [0.1, 0.15) is 58.3 Å². The summed E-state index contributed by atoms with van der Waals surface area (Å²) >= 11 is 0. The first-order chi connectivity index (χ1) is 13.3. The summed E-state index contributed by atoms with van der Waals surface area (Å²) in [7, 11) is 0. The molecule has 0 spiro atoms. The van der Waals surface area contributed by atoms with Crippen molar-refractivity contribution in [2.75, 3.05) is 19.7 Å². The summed E-state index contributed by atoms with van der Waals surface area (Å²) in [6.45, 7) is 6.16. The van der Waals surface area contributed by atoms with E-state index in [1.807, 2.05) is 36.6 Å². The topological polar surface area (TPSA) is 82.8 Å². The number of nitrogens with zero attached hydrogens (tertiary/aromatic N) is 2. The lowest BCUT2D eigenvalue weighted by atomic mass is 9.96. The average molecular weight is 384 g/mol. The molecular weight excluding hydrogens is 356 g/mol. The van der Waals surface area contributed by atoms with Gasteiger partial charge in [-0.05, 0) is 70.4 Å². The first-order valence-corrected chi connectivity index (χ1v) is 9.68. The van der Waals surface area contributed by atoms with Crippen LogP contribution in [0.5, 0.6) is 0 Å². The molecule has 0 bridgehead atoms. The van der Waals surface area contributed by atoms with Crippen LogP contribution in [-0.4, -0.2) is 56.7 Å². The van der Waals surface area contributed by atoms with Crippen molar-refractivity contribution < 1.29 is 19.8 Å². The number of aliphatic hydroxyl groups is 2. The van der Waals surface area contributed by atoms with E-state index in [1.165, 1.54) is 0 Å². The highest BCUT2D eigenvalue weighted by Crippen LogP contribution is 2.24. The third-order valence-corrected chi connectivity index (χ3v) is 5.68. The number of hydrogen-bond donors (Lipinski definition) is 2. The van der Waals surface area contributed by atoms with Crippen molar-refractivity contribution in [2.45, 2.75) is 45.6 Å². The normalized spacial score (nSPS) is 20.1. The van der Waals surface area contributed by atoms with Crippen LogP contribution in [0.4, 0.5) is 0 Å². The van der Waals surface area contributed by atoms with Gasteiger partial charge >= 0.3 is 0 Å². The van der Waals surface area contributed by atoms with Gasteiger partial charge in [-0.2, -0.15) is 0 Å². The van der Waals surface area contributed by atoms with Crippen molar-refractivity contribution >= 4 is 11.7 Å². The number of amides is 1. The number of likely N-dealkylation sites (tertiary alicyclic amines) is 1. The van der Waals surface area contributed by atoms with Crippen LogP contribution in [0.2, 0.25) is 0 Å². The van der Waals surface area contributed by atoms with E-state index in [-0.39, 0.29) is 18.3 Å². The second-order valence-corrected chi connectivity index (χ2v) is 7.75. The Morgan fingerprint density at radius 3 is 2.36 bits per heavy atom. The Bertz CT molecular complexity index is 885. The van der Waals surface area contributed by atoms with E-state index in [2.05, 4.69) is 0 Å². The monoisotopic (exact) mass is 384 g/mol. The Morgan fingerprint density at radius 1 is 1.11 bits per heavy atom. The highest BCUT2D eigenvalue weighted by Gasteiger charge is 2.31. The second-order valence-electron chi connectivity index (χ2n) is 7.75. The van der Waals surface area contributed by atoms with E-state index in [4.69, 9.17) is 0 Å². The number of carbonyl (C=O) groups is 2. The largest absolute Gasteiger partial charge is 0.393 e. The van der Waals surface area contributed by atoms with Crippen LogP contribution >= 0.6 is 0 Å². The fraction of sp³-hybridized carbons (Fsp3) is 0.455. The summed E-state index contributed by atoms with van der Waals surface area (Å²) in [5, 5.41) is 19.6. The van der Waals surface area contributed by atoms with Crippen LogP contribution in [0.3, 0.4) is 0 Å². The SMILES string of the molecule is CC(=O)c1cc(C)n(-c2ccc(C(=O)N3CCC[C@@](O)(CO)CC3)cc2)c1C. The number of aryl methyl sites for hydroxylation is 1. The minimum absolute atomic E-state index is 0.0372. The van der Waals surface area contributed by atoms with E-state index in [0.717, 1.165) is 17.1 Å². The van der Waals surface area contributed by atoms with E-state index in [9.17, 15) is 19.8 Å². The van der Waals surface area contributed by atoms with Gasteiger partial charge in [-0.1, -0.05) is 0 Å². The maximum atomic E-state index is 12.9. The van der Waals surface area contributed by atoms with Gasteiger partial charge in [0.15, 0.2) is 5.78 Å². The van der Waals surface area contributed by atoms with E-state index < -0.39 is 5.60 Å². The lowest BCUT2D eigenvalue weighted by Gasteiger charge is -2.24. The predicted octanol–water partition coefficient (Wildman–Crippen LogP) is 2.65. The van der Waals surface area contributed by atoms with Gasteiger partial charge < -0.3 is 19.7 Å². The molecule has 3 rings (SSSR count). The molecule has 2 aromatic rings. The average Bonchev–Trinajstić information content (AvgIpc) is 2.85. The van der Waals surface area contributed by atoms with Gasteiger partial charge in [-0.3, -0.25) is 9.59 Å². The number of carbonyl (C=O) groups excluding carboxylic acids is 2. The highest BCUT2D eigenvalue weighted by molar-refractivity contribution is 5.96. The fourth-order valence-corrected chi connectivity index (χ4v) is 3.99. The van der Waals surface area contributed by atoms with Crippen molar-refractivity contribution in [3.8, 4) is 5.69 Å². The van der Waals surface area contributed by atoms with E-state index in [1.54, 1.807) is 24.0 Å². The molecule has 1 aromatic heterocycles. The molecule has 0 unspecified atom stereocenters. The molecule has 1 saturated heterocycles. The highest BCUT2D eigenvalue weighted by atomic mass is 16.3. The van der Waals surface area contributed by atoms with Crippen LogP contribution < -0.4 is 0 Å². The third kappa shape index (κ3) is 3.88. The second kappa shape index (κ2) is 7.89. The smallest absolute Gasteiger partial charge is 0.253 e. The molecule has 28 heavy (non-hydrogen) atoms. The molecule has 0 aliphatic carbocycles. The summed E-state index contributed by atoms with van der Waals surface area (Å²) in [5.74, 6) is -0.0331. The zero-order valence-corrected chi connectivity index (χ0v) is 16.7. The molecule has 0 saturated carbocycles. The maximum absolute atomic E-state index is 12.9. The molecule has 150 valence electrons. The number of aromatic nitrogens is 1. The number of benzene rings is 1. The summed E-state index contributed by atoms with van der Waals surface area (Å²) in [6, 6.07) is 9.26. The van der Waals surface area contributed by atoms with Crippen molar-refractivity contribution in [3.63, 3.8) is 0 Å². The summed E-state index contributed by atoms with van der Waals surface area (Å²) in [5.41, 5.74) is 2.98. The number of Topliss-reactive ketones (excluding diaryl/α,β-unsaturated/α-hetero) is 1. The van der Waals surface area contributed by atoms with Gasteiger partial charge in [-0.15, -0.1) is 0 Å². The molecule has 1 aliphatic heterocycles. The number of rotatable bonds is 4. The molecule has 2 heterocycles. The summed E-state index contributed by atoms with van der Waals surface area (Å²) < 4.78 is 2.01. The molecule has 6 nitrogen and oxygen atoms in total. The van der Waals surface area contributed by atoms with Crippen molar-refractivity contribution in [1.29, 1.82) is 0 Å². The van der Waals surface area contributed by atoms with Crippen molar-refractivity contribution in [2.24, 2.45) is 0 Å². The first-order valence-electron chi connectivity index (χ1n) is 9.68. The van der Waals surface area contributed by atoms with Gasteiger partial charge in [-0.25, -0.2) is 0 Å². The van der Waals surface area contributed by atoms with Gasteiger partial charge in [0.1, 0.15) is 0 Å². The Labute approximate surface area is 165 Å². The van der Waals surface area contributed by atoms with Crippen LogP contribution in [0.25, 0.3) is 5.69 Å².